The predicted molar refractivity (Wildman–Crippen MR) is 98.7 cm³/mol. The Morgan fingerprint density at radius 3 is 2.83 bits per heavy atom. The number of nitrogens with zero attached hydrogens (tertiary/aromatic N) is 2. The van der Waals surface area contributed by atoms with Crippen molar-refractivity contribution in [2.45, 2.75) is 19.5 Å². The average molecular weight is 379 g/mol. The van der Waals surface area contributed by atoms with E-state index in [9.17, 15) is 4.79 Å². The maximum absolute atomic E-state index is 12.4. The first-order valence-corrected chi connectivity index (χ1v) is 8.95. The molecule has 2 heterocycles. The monoisotopic (exact) mass is 378 g/mol. The lowest BCUT2D eigenvalue weighted by atomic mass is 10.1. The summed E-state index contributed by atoms with van der Waals surface area (Å²) >= 11 is 12.7. The van der Waals surface area contributed by atoms with Crippen LogP contribution in [0.5, 0.6) is 0 Å². The van der Waals surface area contributed by atoms with Crippen LogP contribution in [0.4, 0.5) is 0 Å². The van der Waals surface area contributed by atoms with Gasteiger partial charge in [0.25, 0.3) is 0 Å². The fourth-order valence-corrected chi connectivity index (χ4v) is 3.37. The number of aromatic amines is 1. The summed E-state index contributed by atoms with van der Waals surface area (Å²) in [6, 6.07) is 11.2. The zero-order valence-electron chi connectivity index (χ0n) is 12.8. The van der Waals surface area contributed by atoms with Crippen molar-refractivity contribution >= 4 is 41.1 Å². The molecule has 124 valence electrons. The lowest BCUT2D eigenvalue weighted by Crippen LogP contribution is -2.30. The number of amides is 1. The second-order valence-electron chi connectivity index (χ2n) is 5.26. The van der Waals surface area contributed by atoms with Crippen molar-refractivity contribution in [3.63, 3.8) is 0 Å². The van der Waals surface area contributed by atoms with Crippen LogP contribution in [0.15, 0.2) is 41.8 Å². The van der Waals surface area contributed by atoms with Gasteiger partial charge < -0.3 is 5.32 Å². The highest BCUT2D eigenvalue weighted by Crippen LogP contribution is 2.22. The molecular formula is C16H15ClN4OS2. The van der Waals surface area contributed by atoms with E-state index in [1.807, 2.05) is 36.6 Å². The van der Waals surface area contributed by atoms with Crippen molar-refractivity contribution < 1.29 is 4.79 Å². The van der Waals surface area contributed by atoms with E-state index in [1.54, 1.807) is 28.0 Å². The molecule has 0 aliphatic rings. The molecule has 0 aliphatic heterocycles. The van der Waals surface area contributed by atoms with E-state index in [2.05, 4.69) is 15.5 Å². The number of aromatic nitrogens is 3. The van der Waals surface area contributed by atoms with Gasteiger partial charge in [-0.3, -0.25) is 14.5 Å². The van der Waals surface area contributed by atoms with E-state index in [-0.39, 0.29) is 18.5 Å². The third-order valence-corrected chi connectivity index (χ3v) is 4.98. The Morgan fingerprint density at radius 2 is 2.17 bits per heavy atom. The van der Waals surface area contributed by atoms with Crippen LogP contribution >= 0.6 is 35.2 Å². The molecule has 3 rings (SSSR count). The Morgan fingerprint density at radius 1 is 1.42 bits per heavy atom. The quantitative estimate of drug-likeness (QED) is 0.654. The molecule has 24 heavy (non-hydrogen) atoms. The number of benzene rings is 1. The minimum atomic E-state index is -0.132. The zero-order chi connectivity index (χ0) is 17.1. The number of halogens is 1. The van der Waals surface area contributed by atoms with Crippen LogP contribution in [0.2, 0.25) is 5.02 Å². The fraction of sp³-hybridized carbons (Fsp3) is 0.188. The smallest absolute Gasteiger partial charge is 0.240 e. The van der Waals surface area contributed by atoms with Crippen molar-refractivity contribution in [2.24, 2.45) is 0 Å². The topological polar surface area (TPSA) is 62.7 Å². The van der Waals surface area contributed by atoms with Gasteiger partial charge in [0, 0.05) is 5.02 Å². The summed E-state index contributed by atoms with van der Waals surface area (Å²) in [5.41, 5.74) is 0.988. The zero-order valence-corrected chi connectivity index (χ0v) is 15.2. The first kappa shape index (κ1) is 16.9. The first-order valence-electron chi connectivity index (χ1n) is 7.28. The standard InChI is InChI=1S/C16H15ClN4OS2/c1-10(11-4-6-12(17)7-5-11)18-14(22)9-21-15(19-20-16(21)23)13-3-2-8-24-13/h2-8,10H,9H2,1H3,(H,18,22)(H,20,23)/t10-/m0/s1. The van der Waals surface area contributed by atoms with E-state index in [1.165, 1.54) is 0 Å². The Bertz CT molecular complexity index is 884. The molecule has 0 saturated carbocycles. The van der Waals surface area contributed by atoms with Gasteiger partial charge in [-0.2, -0.15) is 5.10 Å². The minimum Gasteiger partial charge on any atom is -0.348 e. The average Bonchev–Trinajstić information content (AvgIpc) is 3.19. The van der Waals surface area contributed by atoms with Crippen LogP contribution in [0.1, 0.15) is 18.5 Å². The van der Waals surface area contributed by atoms with Crippen LogP contribution < -0.4 is 5.32 Å². The highest BCUT2D eigenvalue weighted by atomic mass is 35.5. The number of H-pyrrole nitrogens is 1. The van der Waals surface area contributed by atoms with Gasteiger partial charge in [0.1, 0.15) is 6.54 Å². The Balaban J connectivity index is 1.73. The normalized spacial score (nSPS) is 12.1. The van der Waals surface area contributed by atoms with E-state index in [0.29, 0.717) is 15.6 Å². The molecule has 0 spiro atoms. The molecule has 0 bridgehead atoms. The lowest BCUT2D eigenvalue weighted by Gasteiger charge is -2.15. The molecule has 0 unspecified atom stereocenters. The van der Waals surface area contributed by atoms with Gasteiger partial charge in [-0.25, -0.2) is 0 Å². The molecular weight excluding hydrogens is 364 g/mol. The number of rotatable bonds is 5. The van der Waals surface area contributed by atoms with Crippen LogP contribution in [-0.4, -0.2) is 20.7 Å². The van der Waals surface area contributed by atoms with Crippen molar-refractivity contribution in [1.82, 2.24) is 20.1 Å². The molecule has 2 N–H and O–H groups in total. The molecule has 3 aromatic rings. The van der Waals surface area contributed by atoms with Crippen LogP contribution in [0.3, 0.4) is 0 Å². The van der Waals surface area contributed by atoms with Gasteiger partial charge in [0.05, 0.1) is 10.9 Å². The number of carbonyl (C=O) groups excluding carboxylic acids is 1. The molecule has 1 atom stereocenters. The Labute approximate surface area is 153 Å². The number of nitrogens with one attached hydrogen (secondary N) is 2. The second kappa shape index (κ2) is 7.29. The maximum Gasteiger partial charge on any atom is 0.240 e. The lowest BCUT2D eigenvalue weighted by molar-refractivity contribution is -0.122. The number of thiophene rings is 1. The third-order valence-electron chi connectivity index (χ3n) is 3.55. The Kier molecular flexibility index (Phi) is 5.13. The van der Waals surface area contributed by atoms with Gasteiger partial charge in [-0.1, -0.05) is 29.8 Å². The van der Waals surface area contributed by atoms with E-state index < -0.39 is 0 Å². The van der Waals surface area contributed by atoms with Crippen LogP contribution in [0.25, 0.3) is 10.7 Å². The number of hydrogen-bond acceptors (Lipinski definition) is 4. The molecule has 0 fully saturated rings. The fourth-order valence-electron chi connectivity index (χ4n) is 2.32. The molecule has 0 saturated heterocycles. The van der Waals surface area contributed by atoms with Crippen LogP contribution in [0, 0.1) is 4.77 Å². The van der Waals surface area contributed by atoms with Gasteiger partial charge in [-0.15, -0.1) is 11.3 Å². The highest BCUT2D eigenvalue weighted by molar-refractivity contribution is 7.71. The first-order chi connectivity index (χ1) is 11.5. The SMILES string of the molecule is C[C@H](NC(=O)Cn1c(-c2cccs2)n[nH]c1=S)c1ccc(Cl)cc1. The summed E-state index contributed by atoms with van der Waals surface area (Å²) in [7, 11) is 0. The molecule has 1 amide bonds. The molecule has 5 nitrogen and oxygen atoms in total. The van der Waals surface area contributed by atoms with Gasteiger partial charge >= 0.3 is 0 Å². The summed E-state index contributed by atoms with van der Waals surface area (Å²) in [6.45, 7) is 2.04. The molecule has 8 heteroatoms. The maximum atomic E-state index is 12.4. The molecule has 2 aromatic heterocycles. The largest absolute Gasteiger partial charge is 0.348 e. The van der Waals surface area contributed by atoms with Crippen molar-refractivity contribution in [1.29, 1.82) is 0 Å². The van der Waals surface area contributed by atoms with Gasteiger partial charge in [0.2, 0.25) is 5.91 Å². The van der Waals surface area contributed by atoms with E-state index in [0.717, 1.165) is 10.4 Å². The number of hydrogen-bond donors (Lipinski definition) is 2. The van der Waals surface area contributed by atoms with Crippen molar-refractivity contribution in [2.75, 3.05) is 0 Å². The van der Waals surface area contributed by atoms with Crippen molar-refractivity contribution in [3.8, 4) is 10.7 Å². The van der Waals surface area contributed by atoms with Gasteiger partial charge in [-0.05, 0) is 48.3 Å². The molecule has 1 aromatic carbocycles. The summed E-state index contributed by atoms with van der Waals surface area (Å²) in [6.07, 6.45) is 0. The van der Waals surface area contributed by atoms with E-state index >= 15 is 0 Å². The third kappa shape index (κ3) is 3.75. The predicted octanol–water partition coefficient (Wildman–Crippen LogP) is 4.20. The highest BCUT2D eigenvalue weighted by Gasteiger charge is 2.15. The Hall–Kier alpha value is -1.96. The molecule has 0 aliphatic carbocycles. The minimum absolute atomic E-state index is 0.112. The summed E-state index contributed by atoms with van der Waals surface area (Å²) in [4.78, 5) is 13.4. The summed E-state index contributed by atoms with van der Waals surface area (Å²) in [5.74, 6) is 0.539. The van der Waals surface area contributed by atoms with Crippen LogP contribution in [-0.2, 0) is 11.3 Å². The number of carbonyl (C=O) groups is 1. The summed E-state index contributed by atoms with van der Waals surface area (Å²) in [5, 5.41) is 12.6. The van der Waals surface area contributed by atoms with Crippen molar-refractivity contribution in [3.05, 3.63) is 57.1 Å². The molecule has 0 radical (unpaired) electrons. The van der Waals surface area contributed by atoms with E-state index in [4.69, 9.17) is 23.8 Å². The summed E-state index contributed by atoms with van der Waals surface area (Å²) < 4.78 is 2.12. The second-order valence-corrected chi connectivity index (χ2v) is 7.03. The van der Waals surface area contributed by atoms with Gasteiger partial charge in [0.15, 0.2) is 10.6 Å².